The Hall–Kier alpha value is -0.770. The molecule has 0 aromatic carbocycles. The number of rotatable bonds is 4. The second-order valence-electron chi connectivity index (χ2n) is 8.29. The largest absolute Gasteiger partial charge is 0.444 e. The van der Waals surface area contributed by atoms with Gasteiger partial charge in [-0.15, -0.1) is 0 Å². The minimum absolute atomic E-state index is 0.142. The second kappa shape index (κ2) is 7.20. The number of amides is 1. The van der Waals surface area contributed by atoms with E-state index in [9.17, 15) is 4.79 Å². The summed E-state index contributed by atoms with van der Waals surface area (Å²) in [6.45, 7) is 11.2. The van der Waals surface area contributed by atoms with E-state index in [1.54, 1.807) is 0 Å². The van der Waals surface area contributed by atoms with E-state index in [-0.39, 0.29) is 6.09 Å². The van der Waals surface area contributed by atoms with E-state index in [2.05, 4.69) is 19.2 Å². The van der Waals surface area contributed by atoms with Crippen molar-refractivity contribution in [3.8, 4) is 0 Å². The molecule has 0 bridgehead atoms. The summed E-state index contributed by atoms with van der Waals surface area (Å²) in [4.78, 5) is 14.3. The van der Waals surface area contributed by atoms with Gasteiger partial charge in [-0.05, 0) is 65.7 Å². The van der Waals surface area contributed by atoms with E-state index in [4.69, 9.17) is 4.74 Å². The summed E-state index contributed by atoms with van der Waals surface area (Å²) in [7, 11) is 0. The van der Waals surface area contributed by atoms with E-state index < -0.39 is 5.60 Å². The molecule has 4 atom stereocenters. The van der Waals surface area contributed by atoms with Crippen molar-refractivity contribution in [1.29, 1.82) is 0 Å². The van der Waals surface area contributed by atoms with Crippen molar-refractivity contribution < 1.29 is 9.53 Å². The van der Waals surface area contributed by atoms with Crippen LogP contribution in [0.3, 0.4) is 0 Å². The molecule has 0 aromatic rings. The van der Waals surface area contributed by atoms with E-state index in [0.29, 0.717) is 18.1 Å². The van der Waals surface area contributed by atoms with Gasteiger partial charge >= 0.3 is 6.09 Å². The lowest BCUT2D eigenvalue weighted by atomic mass is 10.0. The smallest absolute Gasteiger partial charge is 0.410 e. The topological polar surface area (TPSA) is 41.6 Å². The van der Waals surface area contributed by atoms with Gasteiger partial charge in [-0.2, -0.15) is 0 Å². The maximum absolute atomic E-state index is 12.3. The first-order valence-corrected chi connectivity index (χ1v) is 9.02. The molecule has 1 N–H and O–H groups in total. The molecule has 1 heterocycles. The fourth-order valence-corrected chi connectivity index (χ4v) is 3.88. The van der Waals surface area contributed by atoms with Crippen LogP contribution in [0.4, 0.5) is 4.79 Å². The van der Waals surface area contributed by atoms with Crippen LogP contribution >= 0.6 is 0 Å². The first-order chi connectivity index (χ1) is 10.3. The number of nitrogens with one attached hydrogen (secondary N) is 1. The normalized spacial score (nSPS) is 30.6. The highest BCUT2D eigenvalue weighted by Crippen LogP contribution is 2.27. The van der Waals surface area contributed by atoms with Crippen LogP contribution in [-0.2, 0) is 4.74 Å². The quantitative estimate of drug-likeness (QED) is 0.855. The molecule has 2 rings (SSSR count). The Bertz CT molecular complexity index is 378. The zero-order valence-corrected chi connectivity index (χ0v) is 15.0. The molecule has 0 radical (unpaired) electrons. The summed E-state index contributed by atoms with van der Waals surface area (Å²) in [6.07, 6.45) is 7.07. The summed E-state index contributed by atoms with van der Waals surface area (Å²) in [5.74, 6) is 0.785. The van der Waals surface area contributed by atoms with Crippen LogP contribution in [0, 0.1) is 5.92 Å². The Balaban J connectivity index is 1.83. The van der Waals surface area contributed by atoms with Gasteiger partial charge in [-0.3, -0.25) is 0 Å². The van der Waals surface area contributed by atoms with Crippen LogP contribution in [0.2, 0.25) is 0 Å². The molecule has 4 heteroatoms. The lowest BCUT2D eigenvalue weighted by Gasteiger charge is -2.31. The minimum atomic E-state index is -0.409. The Labute approximate surface area is 136 Å². The highest BCUT2D eigenvalue weighted by atomic mass is 16.6. The standard InChI is InChI=1S/C18H34N2O2/c1-13-8-6-10-16(13)19-14(2)12-15-9-7-11-20(15)17(21)22-18(3,4)5/h13-16,19H,6-12H2,1-5H3. The van der Waals surface area contributed by atoms with Crippen LogP contribution < -0.4 is 5.32 Å². The molecule has 2 aliphatic rings. The van der Waals surface area contributed by atoms with Crippen molar-refractivity contribution >= 4 is 6.09 Å². The van der Waals surface area contributed by atoms with Crippen LogP contribution in [0.25, 0.3) is 0 Å². The van der Waals surface area contributed by atoms with Crippen LogP contribution in [-0.4, -0.2) is 41.3 Å². The van der Waals surface area contributed by atoms with Crippen molar-refractivity contribution in [2.24, 2.45) is 5.92 Å². The number of nitrogens with zero attached hydrogens (tertiary/aromatic N) is 1. The Morgan fingerprint density at radius 2 is 2.00 bits per heavy atom. The van der Waals surface area contributed by atoms with Gasteiger partial charge < -0.3 is 15.0 Å². The average Bonchev–Trinajstić information content (AvgIpc) is 2.97. The number of hydrogen-bond acceptors (Lipinski definition) is 3. The molecule has 128 valence electrons. The molecule has 1 aliphatic heterocycles. The summed E-state index contributed by atoms with van der Waals surface area (Å²) < 4.78 is 5.55. The molecule has 0 spiro atoms. The highest BCUT2D eigenvalue weighted by Gasteiger charge is 2.33. The van der Waals surface area contributed by atoms with Crippen molar-refractivity contribution in [2.45, 2.75) is 96.9 Å². The highest BCUT2D eigenvalue weighted by molar-refractivity contribution is 5.68. The van der Waals surface area contributed by atoms with E-state index >= 15 is 0 Å². The minimum Gasteiger partial charge on any atom is -0.444 e. The van der Waals surface area contributed by atoms with Crippen molar-refractivity contribution in [3.05, 3.63) is 0 Å². The molecule has 0 aromatic heterocycles. The third kappa shape index (κ3) is 4.87. The third-order valence-electron chi connectivity index (χ3n) is 4.99. The number of carbonyl (C=O) groups excluding carboxylic acids is 1. The first-order valence-electron chi connectivity index (χ1n) is 9.02. The molecular weight excluding hydrogens is 276 g/mol. The maximum Gasteiger partial charge on any atom is 0.410 e. The number of hydrogen-bond donors (Lipinski definition) is 1. The van der Waals surface area contributed by atoms with Gasteiger partial charge in [0, 0.05) is 24.7 Å². The lowest BCUT2D eigenvalue weighted by molar-refractivity contribution is 0.0213. The summed E-state index contributed by atoms with van der Waals surface area (Å²) in [6, 6.07) is 1.44. The van der Waals surface area contributed by atoms with Crippen molar-refractivity contribution in [2.75, 3.05) is 6.54 Å². The van der Waals surface area contributed by atoms with Gasteiger partial charge in [0.1, 0.15) is 5.60 Å². The summed E-state index contributed by atoms with van der Waals surface area (Å²) in [5.41, 5.74) is -0.409. The van der Waals surface area contributed by atoms with Gasteiger partial charge in [-0.25, -0.2) is 4.79 Å². The lowest BCUT2D eigenvalue weighted by Crippen LogP contribution is -2.45. The van der Waals surface area contributed by atoms with Crippen molar-refractivity contribution in [1.82, 2.24) is 10.2 Å². The van der Waals surface area contributed by atoms with Gasteiger partial charge in [0.2, 0.25) is 0 Å². The third-order valence-corrected chi connectivity index (χ3v) is 4.99. The fourth-order valence-electron chi connectivity index (χ4n) is 3.88. The summed E-state index contributed by atoms with van der Waals surface area (Å²) >= 11 is 0. The van der Waals surface area contributed by atoms with E-state index in [1.807, 2.05) is 25.7 Å². The Morgan fingerprint density at radius 1 is 1.27 bits per heavy atom. The monoisotopic (exact) mass is 310 g/mol. The molecule has 22 heavy (non-hydrogen) atoms. The molecule has 1 aliphatic carbocycles. The zero-order chi connectivity index (χ0) is 16.3. The SMILES string of the molecule is CC(CC1CCCN1C(=O)OC(C)(C)C)NC1CCCC1C. The number of likely N-dealkylation sites (tertiary alicyclic amines) is 1. The Kier molecular flexibility index (Phi) is 5.76. The van der Waals surface area contributed by atoms with Crippen molar-refractivity contribution in [3.63, 3.8) is 0 Å². The molecule has 1 amide bonds. The average molecular weight is 310 g/mol. The predicted octanol–water partition coefficient (Wildman–Crippen LogP) is 3.94. The second-order valence-corrected chi connectivity index (χ2v) is 8.29. The summed E-state index contributed by atoms with van der Waals surface area (Å²) in [5, 5.41) is 3.78. The molecule has 4 unspecified atom stereocenters. The van der Waals surface area contributed by atoms with Gasteiger partial charge in [0.05, 0.1) is 0 Å². The number of ether oxygens (including phenoxy) is 1. The predicted molar refractivity (Wildman–Crippen MR) is 90.0 cm³/mol. The van der Waals surface area contributed by atoms with E-state index in [0.717, 1.165) is 31.7 Å². The number of carbonyl (C=O) groups is 1. The molecular formula is C18H34N2O2. The van der Waals surface area contributed by atoms with E-state index in [1.165, 1.54) is 19.3 Å². The fraction of sp³-hybridized carbons (Fsp3) is 0.944. The van der Waals surface area contributed by atoms with Crippen LogP contribution in [0.1, 0.15) is 73.1 Å². The van der Waals surface area contributed by atoms with Gasteiger partial charge in [0.15, 0.2) is 0 Å². The molecule has 2 fully saturated rings. The Morgan fingerprint density at radius 3 is 2.59 bits per heavy atom. The van der Waals surface area contributed by atoms with Gasteiger partial charge in [-0.1, -0.05) is 13.3 Å². The molecule has 1 saturated carbocycles. The molecule has 4 nitrogen and oxygen atoms in total. The van der Waals surface area contributed by atoms with Crippen LogP contribution in [0.5, 0.6) is 0 Å². The maximum atomic E-state index is 12.3. The molecule has 1 saturated heterocycles. The zero-order valence-electron chi connectivity index (χ0n) is 15.0. The van der Waals surface area contributed by atoms with Crippen LogP contribution in [0.15, 0.2) is 0 Å². The van der Waals surface area contributed by atoms with Gasteiger partial charge in [0.25, 0.3) is 0 Å². The first kappa shape index (κ1) is 17.6.